The molecule has 0 aliphatic rings. The number of esters is 3. The number of carbonyl (C=O) groups excluding carboxylic acids is 3. The average molecular weight is 1100 g/mol. The predicted molar refractivity (Wildman–Crippen MR) is 343 cm³/mol. The van der Waals surface area contributed by atoms with E-state index in [4.69, 9.17) is 14.2 Å². The zero-order chi connectivity index (χ0) is 57.1. The van der Waals surface area contributed by atoms with Crippen LogP contribution in [0.15, 0.2) is 122 Å². The third-order valence-electron chi connectivity index (χ3n) is 13.9. The van der Waals surface area contributed by atoms with E-state index in [0.29, 0.717) is 12.8 Å². The second kappa shape index (κ2) is 66.3. The fraction of sp³-hybridized carbons (Fsp3) is 0.685. The van der Waals surface area contributed by atoms with Gasteiger partial charge in [-0.2, -0.15) is 0 Å². The highest BCUT2D eigenvalue weighted by atomic mass is 16.6. The number of allylic oxidation sites excluding steroid dienone is 20. The van der Waals surface area contributed by atoms with Crippen LogP contribution in [-0.2, 0) is 28.6 Å². The fourth-order valence-corrected chi connectivity index (χ4v) is 8.98. The molecule has 0 saturated carbocycles. The van der Waals surface area contributed by atoms with Crippen molar-refractivity contribution < 1.29 is 28.6 Å². The first-order valence-corrected chi connectivity index (χ1v) is 33.0. The first-order valence-electron chi connectivity index (χ1n) is 33.0. The van der Waals surface area contributed by atoms with Crippen molar-refractivity contribution in [2.24, 2.45) is 0 Å². The van der Waals surface area contributed by atoms with Gasteiger partial charge in [0.2, 0.25) is 0 Å². The van der Waals surface area contributed by atoms with Gasteiger partial charge >= 0.3 is 17.9 Å². The van der Waals surface area contributed by atoms with Gasteiger partial charge in [0.05, 0.1) is 0 Å². The minimum absolute atomic E-state index is 0.0982. The Morgan fingerprint density at radius 3 is 0.810 bits per heavy atom. The molecule has 0 spiro atoms. The number of carbonyl (C=O) groups is 3. The third kappa shape index (κ3) is 64.5. The molecule has 0 aliphatic heterocycles. The first-order chi connectivity index (χ1) is 39.0. The van der Waals surface area contributed by atoms with E-state index < -0.39 is 6.10 Å². The van der Waals surface area contributed by atoms with Crippen molar-refractivity contribution in [3.8, 4) is 0 Å². The summed E-state index contributed by atoms with van der Waals surface area (Å²) in [7, 11) is 0. The largest absolute Gasteiger partial charge is 0.462 e. The summed E-state index contributed by atoms with van der Waals surface area (Å²) in [4.78, 5) is 38.4. The maximum atomic E-state index is 12.9. The van der Waals surface area contributed by atoms with Crippen LogP contribution in [0.25, 0.3) is 0 Å². The molecular formula is C73H122O6. The average Bonchev–Trinajstić information content (AvgIpc) is 3.45. The van der Waals surface area contributed by atoms with Gasteiger partial charge in [-0.3, -0.25) is 14.4 Å². The van der Waals surface area contributed by atoms with E-state index in [1.54, 1.807) is 0 Å². The van der Waals surface area contributed by atoms with Gasteiger partial charge in [-0.15, -0.1) is 0 Å². The zero-order valence-corrected chi connectivity index (χ0v) is 51.6. The Hall–Kier alpha value is -4.19. The smallest absolute Gasteiger partial charge is 0.306 e. The Balaban J connectivity index is 4.43. The molecule has 0 aliphatic carbocycles. The lowest BCUT2D eigenvalue weighted by Gasteiger charge is -2.18. The normalized spacial score (nSPS) is 12.9. The SMILES string of the molecule is CC/C=C\C/C=C\C/C=C\C/C=C\C/C=C\CCCCCC(=O)OC(COC(=O)CCCCCCCCC/C=C\C/C=C\CCCCC)COC(=O)CCCCCCCCCCCC/C=C\C/C=C\C/C=C\CCCCCCC. The summed E-state index contributed by atoms with van der Waals surface area (Å²) in [5.74, 6) is -0.936. The Labute approximate surface area is 488 Å². The number of ether oxygens (including phenoxy) is 3. The van der Waals surface area contributed by atoms with E-state index >= 15 is 0 Å². The van der Waals surface area contributed by atoms with Crippen molar-refractivity contribution in [2.75, 3.05) is 13.2 Å². The van der Waals surface area contributed by atoms with E-state index in [2.05, 4.69) is 142 Å². The standard InChI is InChI=1S/C73H122O6/c1-4-7-10-13-16-19-22-25-28-31-33-34-35-36-37-38-40-42-45-48-51-54-57-60-63-66-72(75)78-69-70(68-77-71(74)65-62-59-56-53-50-47-44-41-30-27-24-21-18-15-12-9-6-3)79-73(76)67-64-61-58-55-52-49-46-43-39-32-29-26-23-20-17-14-11-8-5-2/h8,11,17-18,20-22,25-27,29-31,33,35-36,39,43,49,52,70H,4-7,9-10,12-16,19,23-24,28,32,34,37-38,40-42,44-48,50-51,53-69H2,1-3H3/b11-8-,20-17-,21-18-,25-22-,29-26-,30-27-,33-31-,36-35-,43-39-,52-49-. The molecule has 6 nitrogen and oxygen atoms in total. The van der Waals surface area contributed by atoms with Gasteiger partial charge in [0.1, 0.15) is 13.2 Å². The molecule has 1 unspecified atom stereocenters. The molecule has 6 heteroatoms. The highest BCUT2D eigenvalue weighted by Crippen LogP contribution is 2.15. The number of rotatable bonds is 59. The summed E-state index contributed by atoms with van der Waals surface area (Å²) in [6.45, 7) is 6.47. The van der Waals surface area contributed by atoms with Crippen LogP contribution in [0.2, 0.25) is 0 Å². The molecule has 0 N–H and O–H groups in total. The van der Waals surface area contributed by atoms with Crippen LogP contribution in [0.1, 0.15) is 303 Å². The Morgan fingerprint density at radius 1 is 0.266 bits per heavy atom. The molecule has 79 heavy (non-hydrogen) atoms. The molecule has 0 bridgehead atoms. The van der Waals surface area contributed by atoms with E-state index in [9.17, 15) is 14.4 Å². The third-order valence-corrected chi connectivity index (χ3v) is 13.9. The summed E-state index contributed by atoms with van der Waals surface area (Å²) in [5, 5.41) is 0. The lowest BCUT2D eigenvalue weighted by molar-refractivity contribution is -0.167. The lowest BCUT2D eigenvalue weighted by atomic mass is 10.1. The Kier molecular flexibility index (Phi) is 62.8. The van der Waals surface area contributed by atoms with E-state index in [1.165, 1.54) is 141 Å². The lowest BCUT2D eigenvalue weighted by Crippen LogP contribution is -2.30. The van der Waals surface area contributed by atoms with Gasteiger partial charge in [-0.1, -0.05) is 271 Å². The second-order valence-corrected chi connectivity index (χ2v) is 21.6. The van der Waals surface area contributed by atoms with E-state index in [1.807, 2.05) is 0 Å². The Bertz CT molecular complexity index is 1640. The highest BCUT2D eigenvalue weighted by Gasteiger charge is 2.19. The maximum absolute atomic E-state index is 12.9. The molecule has 0 aromatic carbocycles. The van der Waals surface area contributed by atoms with Crippen molar-refractivity contribution >= 4 is 17.9 Å². The van der Waals surface area contributed by atoms with Crippen molar-refractivity contribution in [1.29, 1.82) is 0 Å². The van der Waals surface area contributed by atoms with Gasteiger partial charge in [0.25, 0.3) is 0 Å². The molecule has 0 amide bonds. The number of hydrogen-bond donors (Lipinski definition) is 0. The minimum Gasteiger partial charge on any atom is -0.462 e. The van der Waals surface area contributed by atoms with Crippen LogP contribution in [-0.4, -0.2) is 37.2 Å². The van der Waals surface area contributed by atoms with E-state index in [-0.39, 0.29) is 37.5 Å². The molecule has 1 atom stereocenters. The van der Waals surface area contributed by atoms with Gasteiger partial charge in [-0.25, -0.2) is 0 Å². The molecule has 0 radical (unpaired) electrons. The predicted octanol–water partition coefficient (Wildman–Crippen LogP) is 22.8. The molecule has 0 aromatic rings. The topological polar surface area (TPSA) is 78.9 Å². The summed E-state index contributed by atoms with van der Waals surface area (Å²) in [6.07, 6.45) is 92.0. The number of unbranched alkanes of at least 4 members (excludes halogenated alkanes) is 28. The molecule has 0 aromatic heterocycles. The van der Waals surface area contributed by atoms with Crippen molar-refractivity contribution in [3.05, 3.63) is 122 Å². The molecular weight excluding hydrogens is 973 g/mol. The molecule has 0 saturated heterocycles. The highest BCUT2D eigenvalue weighted by molar-refractivity contribution is 5.71. The van der Waals surface area contributed by atoms with Crippen molar-refractivity contribution in [3.63, 3.8) is 0 Å². The van der Waals surface area contributed by atoms with Crippen LogP contribution >= 0.6 is 0 Å². The summed E-state index contributed by atoms with van der Waals surface area (Å²) >= 11 is 0. The fourth-order valence-electron chi connectivity index (χ4n) is 8.98. The summed E-state index contributed by atoms with van der Waals surface area (Å²) in [6, 6.07) is 0. The number of hydrogen-bond acceptors (Lipinski definition) is 6. The molecule has 0 heterocycles. The monoisotopic (exact) mass is 1090 g/mol. The Morgan fingerprint density at radius 2 is 0.494 bits per heavy atom. The van der Waals surface area contributed by atoms with Crippen LogP contribution < -0.4 is 0 Å². The van der Waals surface area contributed by atoms with Gasteiger partial charge in [0.15, 0.2) is 6.10 Å². The van der Waals surface area contributed by atoms with Gasteiger partial charge in [-0.05, 0) is 135 Å². The molecule has 0 fully saturated rings. The molecule has 0 rings (SSSR count). The van der Waals surface area contributed by atoms with Crippen molar-refractivity contribution in [2.45, 2.75) is 309 Å². The second-order valence-electron chi connectivity index (χ2n) is 21.6. The minimum atomic E-state index is -0.806. The van der Waals surface area contributed by atoms with Crippen molar-refractivity contribution in [1.82, 2.24) is 0 Å². The van der Waals surface area contributed by atoms with E-state index in [0.717, 1.165) is 122 Å². The summed E-state index contributed by atoms with van der Waals surface area (Å²) in [5.41, 5.74) is 0. The first kappa shape index (κ1) is 74.8. The van der Waals surface area contributed by atoms with Crippen LogP contribution in [0, 0.1) is 0 Å². The zero-order valence-electron chi connectivity index (χ0n) is 51.6. The summed E-state index contributed by atoms with van der Waals surface area (Å²) < 4.78 is 16.9. The quantitative estimate of drug-likeness (QED) is 0.0261. The molecule has 450 valence electrons. The van der Waals surface area contributed by atoms with Crippen LogP contribution in [0.5, 0.6) is 0 Å². The van der Waals surface area contributed by atoms with Crippen LogP contribution in [0.3, 0.4) is 0 Å². The van der Waals surface area contributed by atoms with Gasteiger partial charge < -0.3 is 14.2 Å². The maximum Gasteiger partial charge on any atom is 0.306 e. The van der Waals surface area contributed by atoms with Gasteiger partial charge in [0, 0.05) is 19.3 Å². The van der Waals surface area contributed by atoms with Crippen LogP contribution in [0.4, 0.5) is 0 Å².